The van der Waals surface area contributed by atoms with Gasteiger partial charge in [0, 0.05) is 6.20 Å². The van der Waals surface area contributed by atoms with Crippen molar-refractivity contribution in [2.75, 3.05) is 21.3 Å². The summed E-state index contributed by atoms with van der Waals surface area (Å²) < 4.78 is 21.4. The summed E-state index contributed by atoms with van der Waals surface area (Å²) in [4.78, 5) is 8.18. The molecule has 120 valence electrons. The third-order valence-electron chi connectivity index (χ3n) is 3.04. The molecule has 1 aromatic heterocycles. The molecule has 0 fully saturated rings. The van der Waals surface area contributed by atoms with Gasteiger partial charge >= 0.3 is 6.01 Å². The Morgan fingerprint density at radius 3 is 2.35 bits per heavy atom. The summed E-state index contributed by atoms with van der Waals surface area (Å²) in [7, 11) is 4.65. The molecular formula is C16H17N3O4. The number of hydrogen-bond acceptors (Lipinski definition) is 7. The second kappa shape index (κ2) is 7.84. The van der Waals surface area contributed by atoms with Crippen LogP contribution in [0.5, 0.6) is 23.3 Å². The Morgan fingerprint density at radius 2 is 1.78 bits per heavy atom. The van der Waals surface area contributed by atoms with Crippen LogP contribution < -0.4 is 18.9 Å². The summed E-state index contributed by atoms with van der Waals surface area (Å²) in [6.45, 7) is 0.229. The van der Waals surface area contributed by atoms with Gasteiger partial charge in [0.2, 0.25) is 5.75 Å². The van der Waals surface area contributed by atoms with Crippen molar-refractivity contribution in [1.29, 1.82) is 5.26 Å². The van der Waals surface area contributed by atoms with Crippen molar-refractivity contribution < 1.29 is 18.9 Å². The largest absolute Gasteiger partial charge is 0.493 e. The van der Waals surface area contributed by atoms with Gasteiger partial charge in [-0.1, -0.05) is 0 Å². The van der Waals surface area contributed by atoms with Gasteiger partial charge in [0.05, 0.1) is 39.5 Å². The number of ether oxygens (including phenoxy) is 4. The van der Waals surface area contributed by atoms with E-state index in [2.05, 4.69) is 9.97 Å². The fourth-order valence-electron chi connectivity index (χ4n) is 1.99. The van der Waals surface area contributed by atoms with Gasteiger partial charge in [-0.15, -0.1) is 0 Å². The third kappa shape index (κ3) is 4.01. The van der Waals surface area contributed by atoms with Crippen LogP contribution in [-0.2, 0) is 13.0 Å². The van der Waals surface area contributed by atoms with Crippen LogP contribution in [0.15, 0.2) is 24.4 Å². The van der Waals surface area contributed by atoms with E-state index in [0.717, 1.165) is 5.56 Å². The van der Waals surface area contributed by atoms with E-state index in [4.69, 9.17) is 24.2 Å². The number of nitriles is 1. The van der Waals surface area contributed by atoms with Gasteiger partial charge in [0.1, 0.15) is 6.61 Å². The van der Waals surface area contributed by atoms with E-state index >= 15 is 0 Å². The minimum Gasteiger partial charge on any atom is -0.493 e. The van der Waals surface area contributed by atoms with Gasteiger partial charge in [0.15, 0.2) is 11.5 Å². The standard InChI is InChI=1S/C16H17N3O4/c1-20-13-8-11(9-14(21-2)15(13)22-3)10-23-16-18-7-5-12(19-16)4-6-17/h5,7-9H,4,10H2,1-3H3. The van der Waals surface area contributed by atoms with E-state index in [0.29, 0.717) is 22.9 Å². The van der Waals surface area contributed by atoms with E-state index in [1.807, 2.05) is 6.07 Å². The molecule has 1 aromatic carbocycles. The van der Waals surface area contributed by atoms with Gasteiger partial charge < -0.3 is 18.9 Å². The predicted octanol–water partition coefficient (Wildman–Crippen LogP) is 2.15. The zero-order valence-corrected chi connectivity index (χ0v) is 13.2. The molecule has 0 radical (unpaired) electrons. The van der Waals surface area contributed by atoms with Crippen molar-refractivity contribution in [2.45, 2.75) is 13.0 Å². The fourth-order valence-corrected chi connectivity index (χ4v) is 1.99. The highest BCUT2D eigenvalue weighted by atomic mass is 16.5. The summed E-state index contributed by atoms with van der Waals surface area (Å²) in [5.74, 6) is 1.61. The zero-order chi connectivity index (χ0) is 16.7. The van der Waals surface area contributed by atoms with Crippen LogP contribution in [0.1, 0.15) is 11.3 Å². The first-order valence-corrected chi connectivity index (χ1v) is 6.82. The monoisotopic (exact) mass is 315 g/mol. The van der Waals surface area contributed by atoms with E-state index in [9.17, 15) is 0 Å². The van der Waals surface area contributed by atoms with Gasteiger partial charge in [-0.2, -0.15) is 10.2 Å². The Hall–Kier alpha value is -3.01. The van der Waals surface area contributed by atoms with Gasteiger partial charge in [0.25, 0.3) is 0 Å². The first-order chi connectivity index (χ1) is 11.2. The van der Waals surface area contributed by atoms with Crippen molar-refractivity contribution in [3.05, 3.63) is 35.7 Å². The molecule has 0 atom stereocenters. The number of nitrogens with zero attached hydrogens (tertiary/aromatic N) is 3. The molecular weight excluding hydrogens is 298 g/mol. The Kier molecular flexibility index (Phi) is 5.58. The van der Waals surface area contributed by atoms with E-state index in [1.54, 1.807) is 45.7 Å². The molecule has 2 aromatic rings. The maximum Gasteiger partial charge on any atom is 0.316 e. The molecule has 0 aliphatic carbocycles. The lowest BCUT2D eigenvalue weighted by Crippen LogP contribution is -2.03. The van der Waals surface area contributed by atoms with Crippen LogP contribution in [0.3, 0.4) is 0 Å². The number of benzene rings is 1. The topological polar surface area (TPSA) is 86.5 Å². The lowest BCUT2D eigenvalue weighted by molar-refractivity contribution is 0.276. The second-order valence-electron chi connectivity index (χ2n) is 4.49. The number of hydrogen-bond donors (Lipinski definition) is 0. The Labute approximate surface area is 134 Å². The summed E-state index contributed by atoms with van der Waals surface area (Å²) in [5, 5.41) is 8.69. The maximum absolute atomic E-state index is 8.69. The molecule has 7 nitrogen and oxygen atoms in total. The number of rotatable bonds is 7. The molecule has 0 aliphatic rings. The maximum atomic E-state index is 8.69. The van der Waals surface area contributed by atoms with E-state index < -0.39 is 0 Å². The number of methoxy groups -OCH3 is 3. The third-order valence-corrected chi connectivity index (χ3v) is 3.04. The Balaban J connectivity index is 2.17. The van der Waals surface area contributed by atoms with Gasteiger partial charge in [-0.25, -0.2) is 4.98 Å². The lowest BCUT2D eigenvalue weighted by Gasteiger charge is -2.14. The molecule has 0 N–H and O–H groups in total. The molecule has 0 spiro atoms. The molecule has 0 bridgehead atoms. The fraction of sp³-hybridized carbons (Fsp3) is 0.312. The SMILES string of the molecule is COc1cc(COc2nccc(CC#N)n2)cc(OC)c1OC. The van der Waals surface area contributed by atoms with Crippen LogP contribution in [0.25, 0.3) is 0 Å². The second-order valence-corrected chi connectivity index (χ2v) is 4.49. The molecule has 0 saturated heterocycles. The molecule has 23 heavy (non-hydrogen) atoms. The summed E-state index contributed by atoms with van der Waals surface area (Å²) in [5.41, 5.74) is 1.43. The highest BCUT2D eigenvalue weighted by Crippen LogP contribution is 2.38. The van der Waals surface area contributed by atoms with E-state index in [1.165, 1.54) is 0 Å². The lowest BCUT2D eigenvalue weighted by atomic mass is 10.2. The average Bonchev–Trinajstić information content (AvgIpc) is 2.59. The summed E-state index contributed by atoms with van der Waals surface area (Å²) >= 11 is 0. The van der Waals surface area contributed by atoms with Crippen molar-refractivity contribution in [1.82, 2.24) is 9.97 Å². The molecule has 2 rings (SSSR count). The molecule has 1 heterocycles. The molecule has 0 saturated carbocycles. The zero-order valence-electron chi connectivity index (χ0n) is 13.2. The van der Waals surface area contributed by atoms with Crippen LogP contribution in [0, 0.1) is 11.3 Å². The highest BCUT2D eigenvalue weighted by Gasteiger charge is 2.13. The summed E-state index contributed by atoms with van der Waals surface area (Å²) in [6, 6.07) is 7.51. The average molecular weight is 315 g/mol. The van der Waals surface area contributed by atoms with Crippen molar-refractivity contribution in [2.24, 2.45) is 0 Å². The van der Waals surface area contributed by atoms with Gasteiger partial charge in [-0.3, -0.25) is 0 Å². The normalized spacial score (nSPS) is 9.83. The molecule has 7 heteroatoms. The number of aromatic nitrogens is 2. The summed E-state index contributed by atoms with van der Waals surface area (Å²) in [6.07, 6.45) is 1.77. The van der Waals surface area contributed by atoms with Crippen LogP contribution in [0.4, 0.5) is 0 Å². The quantitative estimate of drug-likeness (QED) is 0.773. The smallest absolute Gasteiger partial charge is 0.316 e. The molecule has 0 unspecified atom stereocenters. The van der Waals surface area contributed by atoms with Crippen molar-refractivity contribution >= 4 is 0 Å². The first-order valence-electron chi connectivity index (χ1n) is 6.82. The van der Waals surface area contributed by atoms with Crippen LogP contribution in [-0.4, -0.2) is 31.3 Å². The van der Waals surface area contributed by atoms with Crippen molar-refractivity contribution in [3.8, 4) is 29.3 Å². The van der Waals surface area contributed by atoms with Gasteiger partial charge in [-0.05, 0) is 23.8 Å². The van der Waals surface area contributed by atoms with Crippen LogP contribution >= 0.6 is 0 Å². The minimum atomic E-state index is 0.211. The Morgan fingerprint density at radius 1 is 1.09 bits per heavy atom. The van der Waals surface area contributed by atoms with E-state index in [-0.39, 0.29) is 19.0 Å². The Bertz CT molecular complexity index is 688. The predicted molar refractivity (Wildman–Crippen MR) is 81.8 cm³/mol. The minimum absolute atomic E-state index is 0.211. The van der Waals surface area contributed by atoms with Crippen LogP contribution in [0.2, 0.25) is 0 Å². The highest BCUT2D eigenvalue weighted by molar-refractivity contribution is 5.53. The molecule has 0 aliphatic heterocycles. The first kappa shape index (κ1) is 16.4. The molecule has 0 amide bonds. The van der Waals surface area contributed by atoms with Crippen molar-refractivity contribution in [3.63, 3.8) is 0 Å².